The summed E-state index contributed by atoms with van der Waals surface area (Å²) in [5.41, 5.74) is 0. The Morgan fingerprint density at radius 1 is 1.40 bits per heavy atom. The van der Waals surface area contributed by atoms with E-state index >= 15 is 0 Å². The number of ketones is 1. The third-order valence-electron chi connectivity index (χ3n) is 0.804. The van der Waals surface area contributed by atoms with Crippen LogP contribution in [-0.4, -0.2) is 16.9 Å². The van der Waals surface area contributed by atoms with Gasteiger partial charge in [0.05, 0.1) is 0 Å². The molecule has 0 atom stereocenters. The van der Waals surface area contributed by atoms with Crippen LogP contribution in [0.3, 0.4) is 0 Å². The van der Waals surface area contributed by atoms with Gasteiger partial charge >= 0.3 is 35.5 Å². The number of hydrogen-bond donors (Lipinski definition) is 1. The number of carboxylic acid groups (broad SMARTS) is 1. The van der Waals surface area contributed by atoms with Crippen LogP contribution in [-0.2, 0) is 9.59 Å². The number of hydrogen-bond acceptors (Lipinski definition) is 2. The number of rotatable bonds is 4. The molecule has 0 aromatic rings. The van der Waals surface area contributed by atoms with Gasteiger partial charge in [-0.1, -0.05) is 0 Å². The van der Waals surface area contributed by atoms with Crippen LogP contribution in [0, 0.1) is 6.92 Å². The van der Waals surface area contributed by atoms with E-state index in [0.29, 0.717) is 6.42 Å². The van der Waals surface area contributed by atoms with Gasteiger partial charge in [-0.3, -0.25) is 9.59 Å². The summed E-state index contributed by atoms with van der Waals surface area (Å²) in [7, 11) is 0. The molecule has 52 valence electrons. The Hall–Kier alpha value is 0.140. The zero-order chi connectivity index (χ0) is 7.28. The van der Waals surface area contributed by atoms with Gasteiger partial charge in [-0.05, 0) is 6.42 Å². The zero-order valence-electron chi connectivity index (χ0n) is 6.09. The zero-order valence-corrected chi connectivity index (χ0v) is 8.09. The van der Waals surface area contributed by atoms with E-state index in [1.54, 1.807) is 0 Å². The largest absolute Gasteiger partial charge is 1.00 e. The number of carbonyl (C=O) groups is 2. The second-order valence-electron chi connectivity index (χ2n) is 1.71. The molecule has 0 heterocycles. The van der Waals surface area contributed by atoms with Gasteiger partial charge in [0.2, 0.25) is 0 Å². The fraction of sp³-hybridized carbons (Fsp3) is 0.500. The molecule has 0 amide bonds. The van der Waals surface area contributed by atoms with E-state index in [1.807, 2.05) is 0 Å². The molecule has 10 heavy (non-hydrogen) atoms. The van der Waals surface area contributed by atoms with Crippen LogP contribution in [0.25, 0.3) is 0 Å². The van der Waals surface area contributed by atoms with Crippen molar-refractivity contribution < 1.29 is 44.3 Å². The average molecular weight is 152 g/mol. The standard InChI is InChI=1S/C6H9O3.Na/c1-2-3-5(7)4-6(8)9;/h1-4H2,(H,8,9);/q-1;+1. The van der Waals surface area contributed by atoms with Crippen molar-refractivity contribution in [3.8, 4) is 0 Å². The quantitative estimate of drug-likeness (QED) is 0.279. The van der Waals surface area contributed by atoms with Gasteiger partial charge in [-0.2, -0.15) is 6.42 Å². The minimum absolute atomic E-state index is 0. The molecule has 3 nitrogen and oxygen atoms in total. The minimum Gasteiger partial charge on any atom is -0.481 e. The predicted octanol–water partition coefficient (Wildman–Crippen LogP) is -2.35. The Balaban J connectivity index is 0. The monoisotopic (exact) mass is 152 g/mol. The van der Waals surface area contributed by atoms with Crippen molar-refractivity contribution in [1.82, 2.24) is 0 Å². The molecule has 0 saturated carbocycles. The maximum atomic E-state index is 10.4. The first-order valence-corrected chi connectivity index (χ1v) is 2.69. The SMILES string of the molecule is [CH2-]CCC(=O)CC(=O)O.[Na+]. The summed E-state index contributed by atoms with van der Waals surface area (Å²) in [6.45, 7) is 3.42. The summed E-state index contributed by atoms with van der Waals surface area (Å²) in [6.07, 6.45) is 0.383. The second-order valence-corrected chi connectivity index (χ2v) is 1.71. The van der Waals surface area contributed by atoms with Gasteiger partial charge in [-0.15, -0.1) is 0 Å². The Kier molecular flexibility index (Phi) is 9.27. The van der Waals surface area contributed by atoms with E-state index in [2.05, 4.69) is 6.92 Å². The number of Topliss-reactive ketones (excluding diaryl/α,β-unsaturated/α-hetero) is 1. The van der Waals surface area contributed by atoms with E-state index in [0.717, 1.165) is 0 Å². The first-order valence-electron chi connectivity index (χ1n) is 2.69. The molecule has 4 heteroatoms. The molecule has 0 bridgehead atoms. The predicted molar refractivity (Wildman–Crippen MR) is 31.9 cm³/mol. The molecule has 0 aliphatic rings. The number of carbonyl (C=O) groups excluding carboxylic acids is 1. The fourth-order valence-corrected chi connectivity index (χ4v) is 0.454. The van der Waals surface area contributed by atoms with Gasteiger partial charge in [0.15, 0.2) is 0 Å². The van der Waals surface area contributed by atoms with Crippen molar-refractivity contribution in [3.05, 3.63) is 6.92 Å². The number of aliphatic carboxylic acids is 1. The van der Waals surface area contributed by atoms with Gasteiger partial charge in [-0.25, -0.2) is 0 Å². The fourth-order valence-electron chi connectivity index (χ4n) is 0.454. The molecular formula is C6H9NaO3. The van der Waals surface area contributed by atoms with Crippen LogP contribution in [0.15, 0.2) is 0 Å². The van der Waals surface area contributed by atoms with Crippen LogP contribution < -0.4 is 29.6 Å². The van der Waals surface area contributed by atoms with Crippen molar-refractivity contribution in [3.63, 3.8) is 0 Å². The van der Waals surface area contributed by atoms with Crippen molar-refractivity contribution in [1.29, 1.82) is 0 Å². The van der Waals surface area contributed by atoms with E-state index in [4.69, 9.17) is 5.11 Å². The van der Waals surface area contributed by atoms with Crippen LogP contribution in [0.4, 0.5) is 0 Å². The Bertz CT molecular complexity index is 122. The molecule has 0 unspecified atom stereocenters. The third kappa shape index (κ3) is 8.14. The summed E-state index contributed by atoms with van der Waals surface area (Å²) in [5, 5.41) is 8.07. The van der Waals surface area contributed by atoms with Crippen molar-refractivity contribution in [2.75, 3.05) is 0 Å². The van der Waals surface area contributed by atoms with E-state index < -0.39 is 5.97 Å². The maximum absolute atomic E-state index is 10.4. The van der Waals surface area contributed by atoms with Crippen molar-refractivity contribution >= 4 is 11.8 Å². The Morgan fingerprint density at radius 2 is 1.90 bits per heavy atom. The molecule has 0 aliphatic heterocycles. The molecule has 0 saturated heterocycles. The smallest absolute Gasteiger partial charge is 0.481 e. The summed E-state index contributed by atoms with van der Waals surface area (Å²) in [6, 6.07) is 0. The van der Waals surface area contributed by atoms with Crippen LogP contribution in [0.1, 0.15) is 19.3 Å². The Morgan fingerprint density at radius 3 is 2.20 bits per heavy atom. The summed E-state index contributed by atoms with van der Waals surface area (Å²) >= 11 is 0. The third-order valence-corrected chi connectivity index (χ3v) is 0.804. The first-order chi connectivity index (χ1) is 4.16. The van der Waals surface area contributed by atoms with Crippen molar-refractivity contribution in [2.45, 2.75) is 19.3 Å². The molecular weight excluding hydrogens is 143 g/mol. The van der Waals surface area contributed by atoms with E-state index in [1.165, 1.54) is 0 Å². The van der Waals surface area contributed by atoms with Gasteiger partial charge in [0, 0.05) is 0 Å². The van der Waals surface area contributed by atoms with E-state index in [-0.39, 0.29) is 48.2 Å². The van der Waals surface area contributed by atoms with Gasteiger partial charge < -0.3 is 12.0 Å². The molecule has 0 aromatic carbocycles. The maximum Gasteiger partial charge on any atom is 1.00 e. The normalized spacial score (nSPS) is 8.10. The van der Waals surface area contributed by atoms with Crippen LogP contribution in [0.2, 0.25) is 0 Å². The van der Waals surface area contributed by atoms with Gasteiger partial charge in [0.1, 0.15) is 12.2 Å². The number of carboxylic acids is 1. The van der Waals surface area contributed by atoms with Crippen LogP contribution >= 0.6 is 0 Å². The average Bonchev–Trinajstić information content (AvgIpc) is 1.63. The minimum atomic E-state index is -1.06. The summed E-state index contributed by atoms with van der Waals surface area (Å²) in [4.78, 5) is 20.3. The molecule has 0 rings (SSSR count). The molecule has 0 aromatic heterocycles. The van der Waals surface area contributed by atoms with E-state index in [9.17, 15) is 9.59 Å². The molecule has 0 spiro atoms. The summed E-state index contributed by atoms with van der Waals surface area (Å²) in [5.74, 6) is -1.31. The first kappa shape index (κ1) is 12.8. The second kappa shape index (κ2) is 7.25. The molecule has 0 radical (unpaired) electrons. The van der Waals surface area contributed by atoms with Crippen LogP contribution in [0.5, 0.6) is 0 Å². The molecule has 1 N–H and O–H groups in total. The molecule has 0 aliphatic carbocycles. The Labute approximate surface area is 82.1 Å². The molecule has 0 fully saturated rings. The summed E-state index contributed by atoms with van der Waals surface area (Å²) < 4.78 is 0. The van der Waals surface area contributed by atoms with Crippen molar-refractivity contribution in [2.24, 2.45) is 0 Å². The van der Waals surface area contributed by atoms with Gasteiger partial charge in [0.25, 0.3) is 0 Å². The topological polar surface area (TPSA) is 54.4 Å².